The number of fused-ring (bicyclic) bond motifs is 2. The fraction of sp³-hybridized carbons (Fsp3) is 0.222. The molecule has 0 fully saturated rings. The SMILES string of the molecule is C[C@H](Cn1cnc2ccccc2c1=O)NCc1ccc2nsnc2c1. The van der Waals surface area contributed by atoms with Crippen LogP contribution in [0.2, 0.25) is 0 Å². The second-order valence-electron chi connectivity index (χ2n) is 6.09. The van der Waals surface area contributed by atoms with Gasteiger partial charge in [-0.2, -0.15) is 8.75 Å². The highest BCUT2D eigenvalue weighted by molar-refractivity contribution is 7.00. The first-order valence-corrected chi connectivity index (χ1v) is 8.82. The van der Waals surface area contributed by atoms with Gasteiger partial charge in [0.15, 0.2) is 0 Å². The highest BCUT2D eigenvalue weighted by Crippen LogP contribution is 2.13. The number of benzene rings is 2. The van der Waals surface area contributed by atoms with Crippen molar-refractivity contribution in [3.05, 3.63) is 64.7 Å². The van der Waals surface area contributed by atoms with E-state index in [1.807, 2.05) is 42.5 Å². The van der Waals surface area contributed by atoms with Crippen LogP contribution in [0.1, 0.15) is 12.5 Å². The maximum Gasteiger partial charge on any atom is 0.261 e. The van der Waals surface area contributed by atoms with E-state index in [0.717, 1.165) is 22.1 Å². The third kappa shape index (κ3) is 3.29. The molecule has 0 saturated heterocycles. The number of para-hydroxylation sites is 1. The highest BCUT2D eigenvalue weighted by Gasteiger charge is 2.08. The first-order valence-electron chi connectivity index (χ1n) is 8.09. The Morgan fingerprint density at radius 3 is 2.88 bits per heavy atom. The zero-order valence-electron chi connectivity index (χ0n) is 13.7. The fourth-order valence-corrected chi connectivity index (χ4v) is 3.34. The number of hydrogen-bond acceptors (Lipinski definition) is 6. The Kier molecular flexibility index (Phi) is 4.25. The molecule has 2 aromatic carbocycles. The summed E-state index contributed by atoms with van der Waals surface area (Å²) in [7, 11) is 0. The van der Waals surface area contributed by atoms with E-state index >= 15 is 0 Å². The van der Waals surface area contributed by atoms with Crippen molar-refractivity contribution in [1.29, 1.82) is 0 Å². The molecule has 0 aliphatic carbocycles. The van der Waals surface area contributed by atoms with Crippen LogP contribution in [0.25, 0.3) is 21.9 Å². The van der Waals surface area contributed by atoms with Crippen molar-refractivity contribution in [2.45, 2.75) is 26.1 Å². The fourth-order valence-electron chi connectivity index (χ4n) is 2.83. The Bertz CT molecular complexity index is 1090. The van der Waals surface area contributed by atoms with Crippen LogP contribution in [0.3, 0.4) is 0 Å². The lowest BCUT2D eigenvalue weighted by Crippen LogP contribution is -2.34. The summed E-state index contributed by atoms with van der Waals surface area (Å²) in [5.74, 6) is 0. The maximum absolute atomic E-state index is 12.5. The van der Waals surface area contributed by atoms with E-state index in [0.29, 0.717) is 18.5 Å². The monoisotopic (exact) mass is 351 g/mol. The normalized spacial score (nSPS) is 12.7. The van der Waals surface area contributed by atoms with Crippen LogP contribution in [0.4, 0.5) is 0 Å². The summed E-state index contributed by atoms with van der Waals surface area (Å²) in [6, 6.07) is 13.6. The van der Waals surface area contributed by atoms with Crippen molar-refractivity contribution in [3.63, 3.8) is 0 Å². The molecule has 0 spiro atoms. The molecule has 6 nitrogen and oxygen atoms in total. The van der Waals surface area contributed by atoms with E-state index in [2.05, 4.69) is 26.0 Å². The predicted octanol–water partition coefficient (Wildman–Crippen LogP) is 2.58. The van der Waals surface area contributed by atoms with Gasteiger partial charge in [0.05, 0.1) is 29.0 Å². The van der Waals surface area contributed by atoms with Gasteiger partial charge in [-0.15, -0.1) is 0 Å². The molecule has 7 heteroatoms. The average Bonchev–Trinajstić information content (AvgIpc) is 3.10. The minimum absolute atomic E-state index is 0.00535. The van der Waals surface area contributed by atoms with E-state index in [4.69, 9.17) is 0 Å². The molecule has 0 bridgehead atoms. The van der Waals surface area contributed by atoms with Gasteiger partial charge in [-0.1, -0.05) is 18.2 Å². The standard InChI is InChI=1S/C18H17N5OS/c1-12(19-9-13-6-7-16-17(8-13)22-25-21-16)10-23-11-20-15-5-3-2-4-14(15)18(23)24/h2-8,11-12,19H,9-10H2,1H3/t12-/m1/s1. The predicted molar refractivity (Wildman–Crippen MR) is 99.7 cm³/mol. The van der Waals surface area contributed by atoms with Crippen molar-refractivity contribution in [2.24, 2.45) is 0 Å². The van der Waals surface area contributed by atoms with E-state index < -0.39 is 0 Å². The van der Waals surface area contributed by atoms with Gasteiger partial charge in [-0.05, 0) is 36.8 Å². The summed E-state index contributed by atoms with van der Waals surface area (Å²) in [6.07, 6.45) is 1.62. The Hall–Kier alpha value is -2.64. The summed E-state index contributed by atoms with van der Waals surface area (Å²) < 4.78 is 10.1. The number of hydrogen-bond donors (Lipinski definition) is 1. The third-order valence-corrected chi connectivity index (χ3v) is 4.73. The van der Waals surface area contributed by atoms with Gasteiger partial charge in [-0.3, -0.25) is 9.36 Å². The molecule has 0 aliphatic heterocycles. The number of aromatic nitrogens is 4. The molecule has 25 heavy (non-hydrogen) atoms. The quantitative estimate of drug-likeness (QED) is 0.598. The second-order valence-corrected chi connectivity index (χ2v) is 6.62. The molecule has 0 aliphatic rings. The number of rotatable bonds is 5. The topological polar surface area (TPSA) is 72.7 Å². The van der Waals surface area contributed by atoms with Crippen LogP contribution in [0.15, 0.2) is 53.6 Å². The van der Waals surface area contributed by atoms with E-state index in [9.17, 15) is 4.79 Å². The minimum atomic E-state index is -0.00535. The van der Waals surface area contributed by atoms with Crippen molar-refractivity contribution in [1.82, 2.24) is 23.6 Å². The molecule has 0 radical (unpaired) electrons. The molecule has 1 N–H and O–H groups in total. The zero-order valence-corrected chi connectivity index (χ0v) is 14.5. The first-order chi connectivity index (χ1) is 12.2. The average molecular weight is 351 g/mol. The van der Waals surface area contributed by atoms with Gasteiger partial charge >= 0.3 is 0 Å². The Labute approximate surface area is 148 Å². The lowest BCUT2D eigenvalue weighted by molar-refractivity contribution is 0.467. The van der Waals surface area contributed by atoms with Gasteiger partial charge in [0.2, 0.25) is 0 Å². The molecule has 0 saturated carbocycles. The Balaban J connectivity index is 1.46. The molecule has 1 atom stereocenters. The molecular weight excluding hydrogens is 334 g/mol. The van der Waals surface area contributed by atoms with E-state index in [1.54, 1.807) is 10.9 Å². The lowest BCUT2D eigenvalue weighted by atomic mass is 10.2. The van der Waals surface area contributed by atoms with Crippen molar-refractivity contribution in [3.8, 4) is 0 Å². The maximum atomic E-state index is 12.5. The molecular formula is C18H17N5OS. The van der Waals surface area contributed by atoms with Gasteiger partial charge < -0.3 is 5.32 Å². The number of nitrogens with one attached hydrogen (secondary N) is 1. The van der Waals surface area contributed by atoms with Crippen LogP contribution >= 0.6 is 11.7 Å². The molecule has 2 heterocycles. The van der Waals surface area contributed by atoms with E-state index in [-0.39, 0.29) is 11.6 Å². The summed E-state index contributed by atoms with van der Waals surface area (Å²) in [5, 5.41) is 4.10. The van der Waals surface area contributed by atoms with Crippen molar-refractivity contribution in [2.75, 3.05) is 0 Å². The largest absolute Gasteiger partial charge is 0.308 e. The Morgan fingerprint density at radius 1 is 1.12 bits per heavy atom. The smallest absolute Gasteiger partial charge is 0.261 e. The Morgan fingerprint density at radius 2 is 1.96 bits per heavy atom. The minimum Gasteiger partial charge on any atom is -0.308 e. The van der Waals surface area contributed by atoms with Gasteiger partial charge in [0.25, 0.3) is 5.56 Å². The summed E-state index contributed by atoms with van der Waals surface area (Å²) in [4.78, 5) is 16.9. The van der Waals surface area contributed by atoms with Gasteiger partial charge in [0.1, 0.15) is 11.0 Å². The summed E-state index contributed by atoms with van der Waals surface area (Å²) in [6.45, 7) is 3.34. The molecule has 4 aromatic rings. The molecule has 2 aromatic heterocycles. The summed E-state index contributed by atoms with van der Waals surface area (Å²) >= 11 is 1.22. The van der Waals surface area contributed by atoms with Gasteiger partial charge in [0, 0.05) is 19.1 Å². The van der Waals surface area contributed by atoms with Crippen LogP contribution in [0, 0.1) is 0 Å². The molecule has 126 valence electrons. The molecule has 0 amide bonds. The molecule has 0 unspecified atom stereocenters. The lowest BCUT2D eigenvalue weighted by Gasteiger charge is -2.15. The van der Waals surface area contributed by atoms with Crippen molar-refractivity contribution < 1.29 is 0 Å². The van der Waals surface area contributed by atoms with Crippen LogP contribution in [-0.4, -0.2) is 24.3 Å². The van der Waals surface area contributed by atoms with Crippen molar-refractivity contribution >= 4 is 33.7 Å². The number of nitrogens with zero attached hydrogens (tertiary/aromatic N) is 4. The second kappa shape index (κ2) is 6.70. The van der Waals surface area contributed by atoms with Gasteiger partial charge in [-0.25, -0.2) is 4.98 Å². The van der Waals surface area contributed by atoms with Crippen LogP contribution < -0.4 is 10.9 Å². The first kappa shape index (κ1) is 15.9. The van der Waals surface area contributed by atoms with Crippen LogP contribution in [0.5, 0.6) is 0 Å². The summed E-state index contributed by atoms with van der Waals surface area (Å²) in [5.41, 5.74) is 3.72. The molecule has 4 rings (SSSR count). The zero-order chi connectivity index (χ0) is 17.2. The highest BCUT2D eigenvalue weighted by atomic mass is 32.1. The van der Waals surface area contributed by atoms with E-state index in [1.165, 1.54) is 11.7 Å². The third-order valence-electron chi connectivity index (χ3n) is 4.17. The van der Waals surface area contributed by atoms with Crippen LogP contribution in [-0.2, 0) is 13.1 Å².